The molecule has 3 N–H and O–H groups in total. The molecule has 4 aliphatic heterocycles. The second-order valence-corrected chi connectivity index (χ2v) is 13.3. The zero-order valence-corrected chi connectivity index (χ0v) is 25.5. The molecule has 0 bridgehead atoms. The summed E-state index contributed by atoms with van der Waals surface area (Å²) in [4.78, 5) is 29.9. The van der Waals surface area contributed by atoms with Crippen molar-refractivity contribution >= 4 is 33.3 Å². The van der Waals surface area contributed by atoms with Gasteiger partial charge in [-0.05, 0) is 37.5 Å². The molecular formula is C31H36N4O8S. The minimum absolute atomic E-state index is 0.0621. The summed E-state index contributed by atoms with van der Waals surface area (Å²) < 4.78 is 52.1. The van der Waals surface area contributed by atoms with Crippen molar-refractivity contribution in [3.05, 3.63) is 65.3 Å². The molecule has 2 amide bonds. The van der Waals surface area contributed by atoms with Crippen LogP contribution in [0.3, 0.4) is 0 Å². The van der Waals surface area contributed by atoms with E-state index in [-0.39, 0.29) is 43.1 Å². The van der Waals surface area contributed by atoms with Crippen LogP contribution in [0.1, 0.15) is 45.5 Å². The van der Waals surface area contributed by atoms with E-state index in [1.807, 2.05) is 4.90 Å². The molecule has 2 saturated heterocycles. The van der Waals surface area contributed by atoms with E-state index in [2.05, 4.69) is 23.8 Å². The summed E-state index contributed by atoms with van der Waals surface area (Å²) in [6, 6.07) is 6.04. The number of aryl methyl sites for hydroxylation is 1. The fraction of sp³-hybridized carbons (Fsp3) is 0.419. The average Bonchev–Trinajstić information content (AvgIpc) is 3.49. The highest BCUT2D eigenvalue weighted by Gasteiger charge is 2.45. The largest absolute Gasteiger partial charge is 0.493 e. The monoisotopic (exact) mass is 624 g/mol. The quantitative estimate of drug-likeness (QED) is 0.227. The van der Waals surface area contributed by atoms with Gasteiger partial charge in [0.15, 0.2) is 16.9 Å². The van der Waals surface area contributed by atoms with Crippen molar-refractivity contribution in [2.75, 3.05) is 50.6 Å². The molecule has 0 spiro atoms. The van der Waals surface area contributed by atoms with Gasteiger partial charge >= 0.3 is 0 Å². The van der Waals surface area contributed by atoms with Crippen LogP contribution >= 0.6 is 0 Å². The standard InChI is InChI=1S/C31H36N4O8S/c1-17-8-20-14-32-23-12-28(27(41-4)11-22(23)30(36)34(20)15-17)43-7-5-6-42-26-13-24-21(10-19(26)3)31(37)35-16-18(2)9-25(35)29(33-24)44(38,39)40/h10-13,20,25,29,32-33H,1-2,5-9,14-16H2,3-4H3,(H,38,39,40)/t20-,25-,29?/m0/s1. The predicted octanol–water partition coefficient (Wildman–Crippen LogP) is 3.46. The number of nitrogens with one attached hydrogen (secondary N) is 2. The first-order chi connectivity index (χ1) is 20.9. The Morgan fingerprint density at radius 1 is 0.909 bits per heavy atom. The van der Waals surface area contributed by atoms with Gasteiger partial charge in [-0.25, -0.2) is 0 Å². The maximum Gasteiger partial charge on any atom is 0.288 e. The van der Waals surface area contributed by atoms with E-state index >= 15 is 0 Å². The summed E-state index contributed by atoms with van der Waals surface area (Å²) in [5, 5.41) is 4.85. The van der Waals surface area contributed by atoms with E-state index in [4.69, 9.17) is 14.2 Å². The minimum Gasteiger partial charge on any atom is -0.493 e. The number of carbonyl (C=O) groups is 2. The summed E-state index contributed by atoms with van der Waals surface area (Å²) in [6.07, 6.45) is 1.55. The normalized spacial score (nSPS) is 22.7. The highest BCUT2D eigenvalue weighted by atomic mass is 32.2. The van der Waals surface area contributed by atoms with Gasteiger partial charge in [-0.15, -0.1) is 0 Å². The van der Waals surface area contributed by atoms with Crippen LogP contribution < -0.4 is 24.8 Å². The smallest absolute Gasteiger partial charge is 0.288 e. The molecule has 0 aromatic heterocycles. The van der Waals surface area contributed by atoms with Gasteiger partial charge in [-0.1, -0.05) is 24.3 Å². The first-order valence-electron chi connectivity index (χ1n) is 14.5. The van der Waals surface area contributed by atoms with Crippen molar-refractivity contribution in [2.24, 2.45) is 0 Å². The lowest BCUT2D eigenvalue weighted by atomic mass is 10.1. The van der Waals surface area contributed by atoms with Crippen LogP contribution in [0.15, 0.2) is 48.6 Å². The maximum atomic E-state index is 13.3. The van der Waals surface area contributed by atoms with Crippen molar-refractivity contribution in [2.45, 2.75) is 43.6 Å². The van der Waals surface area contributed by atoms with E-state index in [9.17, 15) is 22.6 Å². The fourth-order valence-corrected chi connectivity index (χ4v) is 7.31. The number of fused-ring (bicyclic) bond motifs is 4. The number of hydrogen-bond donors (Lipinski definition) is 3. The van der Waals surface area contributed by atoms with Gasteiger partial charge in [0, 0.05) is 38.2 Å². The molecule has 3 atom stereocenters. The molecule has 1 unspecified atom stereocenters. The van der Waals surface area contributed by atoms with Crippen LogP contribution in [-0.2, 0) is 10.1 Å². The van der Waals surface area contributed by atoms with E-state index in [1.165, 1.54) is 12.0 Å². The number of ether oxygens (including phenoxy) is 3. The van der Waals surface area contributed by atoms with Crippen LogP contribution in [0.2, 0.25) is 0 Å². The molecule has 0 radical (unpaired) electrons. The third-order valence-electron chi connectivity index (χ3n) is 8.55. The zero-order valence-electron chi connectivity index (χ0n) is 24.7. The zero-order chi connectivity index (χ0) is 31.3. The molecule has 4 heterocycles. The highest BCUT2D eigenvalue weighted by molar-refractivity contribution is 7.86. The topological polar surface area (TPSA) is 147 Å². The predicted molar refractivity (Wildman–Crippen MR) is 164 cm³/mol. The van der Waals surface area contributed by atoms with Crippen LogP contribution in [0.4, 0.5) is 11.4 Å². The van der Waals surface area contributed by atoms with Crippen LogP contribution in [0, 0.1) is 6.92 Å². The van der Waals surface area contributed by atoms with Crippen molar-refractivity contribution in [1.82, 2.24) is 9.80 Å². The van der Waals surface area contributed by atoms with Gasteiger partial charge in [0.05, 0.1) is 54.9 Å². The Balaban J connectivity index is 1.12. The molecule has 2 aromatic carbocycles. The number of anilines is 2. The van der Waals surface area contributed by atoms with Gasteiger partial charge in [0.1, 0.15) is 5.75 Å². The summed E-state index contributed by atoms with van der Waals surface area (Å²) >= 11 is 0. The van der Waals surface area contributed by atoms with E-state index in [0.717, 1.165) is 17.6 Å². The van der Waals surface area contributed by atoms with Crippen LogP contribution in [0.5, 0.6) is 17.2 Å². The average molecular weight is 625 g/mol. The number of amides is 2. The second-order valence-electron chi connectivity index (χ2n) is 11.7. The first-order valence-corrected chi connectivity index (χ1v) is 16.0. The van der Waals surface area contributed by atoms with Gasteiger partial charge in [-0.3, -0.25) is 14.1 Å². The molecule has 0 aliphatic carbocycles. The molecule has 6 rings (SSSR count). The molecule has 12 nitrogen and oxygen atoms in total. The minimum atomic E-state index is -4.53. The van der Waals surface area contributed by atoms with Gasteiger partial charge < -0.3 is 34.6 Å². The Hall–Kier alpha value is -4.23. The lowest BCUT2D eigenvalue weighted by molar-refractivity contribution is 0.0740. The molecule has 234 valence electrons. The van der Waals surface area contributed by atoms with Crippen LogP contribution in [-0.4, -0.2) is 92.0 Å². The summed E-state index contributed by atoms with van der Waals surface area (Å²) in [5.74, 6) is 1.03. The number of carbonyl (C=O) groups excluding carboxylic acids is 2. The van der Waals surface area contributed by atoms with Gasteiger partial charge in [0.2, 0.25) is 0 Å². The third kappa shape index (κ3) is 5.45. The van der Waals surface area contributed by atoms with Crippen molar-refractivity contribution in [3.63, 3.8) is 0 Å². The Bertz CT molecular complexity index is 1670. The van der Waals surface area contributed by atoms with Gasteiger partial charge in [0.25, 0.3) is 21.9 Å². The first kappa shape index (κ1) is 29.8. The van der Waals surface area contributed by atoms with Crippen molar-refractivity contribution in [3.8, 4) is 17.2 Å². The van der Waals surface area contributed by atoms with E-state index in [0.29, 0.717) is 65.7 Å². The Morgan fingerprint density at radius 2 is 1.55 bits per heavy atom. The molecule has 2 fully saturated rings. The number of rotatable bonds is 8. The maximum absolute atomic E-state index is 13.3. The molecule has 44 heavy (non-hydrogen) atoms. The Kier molecular flexibility index (Phi) is 7.70. The summed E-state index contributed by atoms with van der Waals surface area (Å²) in [7, 11) is -3.00. The number of nitrogens with zero attached hydrogens (tertiary/aromatic N) is 2. The number of benzene rings is 2. The third-order valence-corrected chi connectivity index (χ3v) is 9.63. The Labute approximate surface area is 256 Å². The lowest BCUT2D eigenvalue weighted by Gasteiger charge is -2.26. The SMILES string of the molecule is C=C1C[C@H]2CNc3cc(OCCCOc4cc5c(cc4C)C(=O)N4CC(=C)C[C@H]4C(S(=O)(=O)O)N5)c(OC)cc3C(=O)N2C1. The Morgan fingerprint density at radius 3 is 2.27 bits per heavy atom. The number of hydrogen-bond acceptors (Lipinski definition) is 9. The van der Waals surface area contributed by atoms with E-state index in [1.54, 1.807) is 31.2 Å². The van der Waals surface area contributed by atoms with Gasteiger partial charge in [-0.2, -0.15) is 8.42 Å². The number of methoxy groups -OCH3 is 1. The summed E-state index contributed by atoms with van der Waals surface area (Å²) in [5.41, 5.74) is 4.27. The highest BCUT2D eigenvalue weighted by Crippen LogP contribution is 2.39. The molecule has 4 aliphatic rings. The fourth-order valence-electron chi connectivity index (χ4n) is 6.40. The molecule has 2 aromatic rings. The molecule has 0 saturated carbocycles. The van der Waals surface area contributed by atoms with E-state index < -0.39 is 21.5 Å². The summed E-state index contributed by atoms with van der Waals surface area (Å²) in [6.45, 7) is 11.7. The lowest BCUT2D eigenvalue weighted by Crippen LogP contribution is -2.47. The van der Waals surface area contributed by atoms with Crippen LogP contribution in [0.25, 0.3) is 0 Å². The van der Waals surface area contributed by atoms with Crippen molar-refractivity contribution in [1.29, 1.82) is 0 Å². The van der Waals surface area contributed by atoms with Crippen molar-refractivity contribution < 1.29 is 36.8 Å². The molecule has 13 heteroatoms. The molecular weight excluding hydrogens is 588 g/mol. The second kappa shape index (κ2) is 11.4.